The number of nitrogens with zero attached hydrogens (tertiary/aromatic N) is 4. The second kappa shape index (κ2) is 8.61. The number of benzene rings is 1. The van der Waals surface area contributed by atoms with Gasteiger partial charge in [-0.2, -0.15) is 4.36 Å². The Morgan fingerprint density at radius 1 is 1.19 bits per heavy atom. The molecule has 9 heteroatoms. The van der Waals surface area contributed by atoms with Gasteiger partial charge in [0.25, 0.3) is 5.91 Å². The third-order valence-corrected chi connectivity index (χ3v) is 8.34. The minimum atomic E-state index is -2.84. The molecule has 166 valence electrons. The van der Waals surface area contributed by atoms with Crippen LogP contribution in [0.5, 0.6) is 0 Å². The summed E-state index contributed by atoms with van der Waals surface area (Å²) in [6, 6.07) is 7.58. The Labute approximate surface area is 181 Å². The van der Waals surface area contributed by atoms with Crippen LogP contribution < -0.4 is 0 Å². The fourth-order valence-corrected chi connectivity index (χ4v) is 5.94. The highest BCUT2D eigenvalue weighted by Gasteiger charge is 2.45. The Balaban J connectivity index is 1.40. The van der Waals surface area contributed by atoms with E-state index in [2.05, 4.69) is 14.3 Å². The van der Waals surface area contributed by atoms with Gasteiger partial charge >= 0.3 is 0 Å². The SMILES string of the molecule is CC(Cc1cnc2ccccc2n1)C(=O)N1CCCS(=O)(=NC(=O)C2(F)CCC2)CC1. The van der Waals surface area contributed by atoms with Crippen LogP contribution in [0.4, 0.5) is 4.39 Å². The summed E-state index contributed by atoms with van der Waals surface area (Å²) in [6.07, 6.45) is 3.59. The average molecular weight is 447 g/mol. The molecule has 1 saturated carbocycles. The van der Waals surface area contributed by atoms with Crippen molar-refractivity contribution in [3.8, 4) is 0 Å². The molecule has 1 aliphatic heterocycles. The molecule has 4 rings (SSSR count). The molecular formula is C22H27FN4O3S. The number of rotatable bonds is 4. The lowest BCUT2D eigenvalue weighted by Crippen LogP contribution is -2.40. The van der Waals surface area contributed by atoms with Crippen LogP contribution in [0.25, 0.3) is 11.0 Å². The van der Waals surface area contributed by atoms with Crippen molar-refractivity contribution in [2.24, 2.45) is 10.3 Å². The van der Waals surface area contributed by atoms with E-state index < -0.39 is 21.3 Å². The van der Waals surface area contributed by atoms with Gasteiger partial charge < -0.3 is 4.90 Å². The second-order valence-corrected chi connectivity index (χ2v) is 11.1. The van der Waals surface area contributed by atoms with Gasteiger partial charge in [-0.25, -0.2) is 13.6 Å². The van der Waals surface area contributed by atoms with Crippen molar-refractivity contribution in [2.75, 3.05) is 24.6 Å². The van der Waals surface area contributed by atoms with Crippen molar-refractivity contribution in [2.45, 2.75) is 44.7 Å². The highest BCUT2D eigenvalue weighted by molar-refractivity contribution is 7.93. The molecule has 2 aromatic rings. The van der Waals surface area contributed by atoms with Crippen molar-refractivity contribution < 1.29 is 18.2 Å². The molecule has 0 spiro atoms. The predicted octanol–water partition coefficient (Wildman–Crippen LogP) is 2.93. The molecule has 0 N–H and O–H groups in total. The van der Waals surface area contributed by atoms with Crippen LogP contribution in [0.15, 0.2) is 34.8 Å². The van der Waals surface area contributed by atoms with Gasteiger partial charge in [0.1, 0.15) is 0 Å². The van der Waals surface area contributed by atoms with Gasteiger partial charge in [-0.05, 0) is 37.8 Å². The van der Waals surface area contributed by atoms with E-state index in [-0.39, 0.29) is 42.7 Å². The van der Waals surface area contributed by atoms with Gasteiger partial charge in [-0.15, -0.1) is 0 Å². The number of fused-ring (bicyclic) bond motifs is 1. The van der Waals surface area contributed by atoms with Crippen LogP contribution >= 0.6 is 0 Å². The van der Waals surface area contributed by atoms with Gasteiger partial charge in [-0.3, -0.25) is 14.6 Å². The first-order chi connectivity index (χ1) is 14.8. The largest absolute Gasteiger partial charge is 0.341 e. The molecule has 2 heterocycles. The first-order valence-electron chi connectivity index (χ1n) is 10.7. The first-order valence-corrected chi connectivity index (χ1v) is 12.6. The Morgan fingerprint density at radius 3 is 2.65 bits per heavy atom. The molecule has 0 radical (unpaired) electrons. The summed E-state index contributed by atoms with van der Waals surface area (Å²) in [5, 5.41) is 0. The molecule has 2 atom stereocenters. The number of carbonyl (C=O) groups excluding carboxylic acids is 2. The second-order valence-electron chi connectivity index (χ2n) is 8.53. The number of alkyl halides is 1. The predicted molar refractivity (Wildman–Crippen MR) is 117 cm³/mol. The lowest BCUT2D eigenvalue weighted by Gasteiger charge is -2.30. The number of para-hydroxylation sites is 2. The third-order valence-electron chi connectivity index (χ3n) is 6.10. The normalized spacial score (nSPS) is 24.1. The number of hydrogen-bond donors (Lipinski definition) is 0. The molecule has 1 saturated heterocycles. The maximum absolute atomic E-state index is 14.3. The zero-order chi connectivity index (χ0) is 22.1. The van der Waals surface area contributed by atoms with Crippen molar-refractivity contribution in [3.63, 3.8) is 0 Å². The highest BCUT2D eigenvalue weighted by atomic mass is 32.2. The minimum Gasteiger partial charge on any atom is -0.341 e. The van der Waals surface area contributed by atoms with Crippen molar-refractivity contribution in [1.82, 2.24) is 14.9 Å². The van der Waals surface area contributed by atoms with Gasteiger partial charge in [-0.1, -0.05) is 19.1 Å². The minimum absolute atomic E-state index is 0.0501. The Kier molecular flexibility index (Phi) is 6.05. The van der Waals surface area contributed by atoms with E-state index in [1.165, 1.54) is 0 Å². The zero-order valence-electron chi connectivity index (χ0n) is 17.6. The molecule has 1 aromatic heterocycles. The summed E-state index contributed by atoms with van der Waals surface area (Å²) in [4.78, 5) is 35.8. The molecule has 0 bridgehead atoms. The van der Waals surface area contributed by atoms with Gasteiger partial charge in [0.15, 0.2) is 5.67 Å². The molecule has 1 aliphatic carbocycles. The molecule has 2 aliphatic rings. The summed E-state index contributed by atoms with van der Waals surface area (Å²) in [7, 11) is -2.84. The monoisotopic (exact) mass is 446 g/mol. The van der Waals surface area contributed by atoms with Crippen molar-refractivity contribution >= 4 is 32.6 Å². The highest BCUT2D eigenvalue weighted by Crippen LogP contribution is 2.37. The summed E-state index contributed by atoms with van der Waals surface area (Å²) in [6.45, 7) is 2.55. The average Bonchev–Trinajstić information content (AvgIpc) is 2.92. The summed E-state index contributed by atoms with van der Waals surface area (Å²) in [5.41, 5.74) is 0.412. The van der Waals surface area contributed by atoms with Gasteiger partial charge in [0, 0.05) is 43.1 Å². The van der Waals surface area contributed by atoms with Gasteiger partial charge in [0.05, 0.1) is 26.5 Å². The van der Waals surface area contributed by atoms with E-state index in [0.29, 0.717) is 25.8 Å². The van der Waals surface area contributed by atoms with E-state index in [1.807, 2.05) is 31.2 Å². The number of hydrogen-bond acceptors (Lipinski definition) is 5. The van der Waals surface area contributed by atoms with Crippen LogP contribution in [0.1, 0.15) is 38.3 Å². The third kappa shape index (κ3) is 4.76. The summed E-state index contributed by atoms with van der Waals surface area (Å²) in [5.74, 6) is -0.934. The van der Waals surface area contributed by atoms with Crippen LogP contribution in [0.3, 0.4) is 0 Å². The molecule has 31 heavy (non-hydrogen) atoms. The summed E-state index contributed by atoms with van der Waals surface area (Å²) < 4.78 is 31.2. The topological polar surface area (TPSA) is 92.6 Å². The van der Waals surface area contributed by atoms with E-state index >= 15 is 0 Å². The number of amides is 2. The zero-order valence-corrected chi connectivity index (χ0v) is 18.4. The Bertz CT molecular complexity index is 1120. The molecular weight excluding hydrogens is 419 g/mol. The van der Waals surface area contributed by atoms with Crippen molar-refractivity contribution in [3.05, 3.63) is 36.2 Å². The van der Waals surface area contributed by atoms with Gasteiger partial charge in [0.2, 0.25) is 5.91 Å². The van der Waals surface area contributed by atoms with Crippen molar-refractivity contribution in [1.29, 1.82) is 0 Å². The number of carbonyl (C=O) groups is 2. The Morgan fingerprint density at radius 2 is 1.94 bits per heavy atom. The Hall–Kier alpha value is -2.42. The van der Waals surface area contributed by atoms with E-state index in [1.54, 1.807) is 11.1 Å². The fraction of sp³-hybridized carbons (Fsp3) is 0.545. The van der Waals surface area contributed by atoms with E-state index in [0.717, 1.165) is 16.7 Å². The molecule has 2 unspecified atom stereocenters. The smallest absolute Gasteiger partial charge is 0.291 e. The summed E-state index contributed by atoms with van der Waals surface area (Å²) >= 11 is 0. The van der Waals surface area contributed by atoms with E-state index in [4.69, 9.17) is 0 Å². The molecule has 2 fully saturated rings. The number of aromatic nitrogens is 2. The fourth-order valence-electron chi connectivity index (χ4n) is 4.00. The van der Waals surface area contributed by atoms with Crippen LogP contribution in [-0.4, -0.2) is 61.2 Å². The van der Waals surface area contributed by atoms with E-state index in [9.17, 15) is 18.2 Å². The molecule has 1 aromatic carbocycles. The maximum atomic E-state index is 14.3. The number of halogens is 1. The molecule has 7 nitrogen and oxygen atoms in total. The lowest BCUT2D eigenvalue weighted by molar-refractivity contribution is -0.135. The quantitative estimate of drug-likeness (QED) is 0.720. The van der Waals surface area contributed by atoms with Crippen LogP contribution in [0.2, 0.25) is 0 Å². The lowest BCUT2D eigenvalue weighted by atomic mass is 9.82. The molecule has 2 amide bonds. The van der Waals surface area contributed by atoms with Crippen LogP contribution in [0, 0.1) is 5.92 Å². The first kappa shape index (κ1) is 21.8. The maximum Gasteiger partial charge on any atom is 0.291 e. The van der Waals surface area contributed by atoms with Crippen LogP contribution in [-0.2, 0) is 25.7 Å². The standard InChI is InChI=1S/C22H27FN4O3S/c1-16(14-17-15-24-18-6-2-3-7-19(18)25-17)20(28)27-10-5-12-31(30,13-11-27)26-21(29)22(23)8-4-9-22/h2-3,6-7,15-16H,4-5,8-14H2,1H3.